The van der Waals surface area contributed by atoms with Crippen LogP contribution in [0, 0.1) is 0 Å². The van der Waals surface area contributed by atoms with Gasteiger partial charge in [-0.15, -0.1) is 0 Å². The number of hydrogen-bond acceptors (Lipinski definition) is 2. The highest BCUT2D eigenvalue weighted by atomic mass is 15.2. The SMILES string of the molecule is Cn1c2[n+](c3c1cn1ccncc31)Cc1cccnc1-2. The smallest absolute Gasteiger partial charge is 0.309 e. The second kappa shape index (κ2) is 3.25. The fourth-order valence-corrected chi connectivity index (χ4v) is 3.29. The van der Waals surface area contributed by atoms with E-state index in [0.29, 0.717) is 0 Å². The molecule has 5 heteroatoms. The average Bonchev–Trinajstić information content (AvgIpc) is 3.10. The molecule has 1 aliphatic heterocycles. The summed E-state index contributed by atoms with van der Waals surface area (Å²) in [5, 5.41) is 0. The number of imidazole rings is 1. The van der Waals surface area contributed by atoms with Crippen molar-refractivity contribution in [2.75, 3.05) is 0 Å². The third-order valence-corrected chi connectivity index (χ3v) is 4.17. The molecule has 5 heterocycles. The number of aryl methyl sites for hydroxylation is 1. The summed E-state index contributed by atoms with van der Waals surface area (Å²) in [6, 6.07) is 4.15. The summed E-state index contributed by atoms with van der Waals surface area (Å²) in [5.41, 5.74) is 5.95. The summed E-state index contributed by atoms with van der Waals surface area (Å²) in [5.74, 6) is 1.18. The molecule has 1 aliphatic rings. The topological polar surface area (TPSA) is 39.0 Å². The van der Waals surface area contributed by atoms with Crippen LogP contribution >= 0.6 is 0 Å². The Labute approximate surface area is 114 Å². The van der Waals surface area contributed by atoms with E-state index in [-0.39, 0.29) is 0 Å². The maximum Gasteiger partial charge on any atom is 0.309 e. The maximum absolute atomic E-state index is 4.55. The molecule has 0 spiro atoms. The molecule has 0 unspecified atom stereocenters. The minimum absolute atomic E-state index is 0.879. The lowest BCUT2D eigenvalue weighted by molar-refractivity contribution is -0.645. The number of nitrogens with zero attached hydrogens (tertiary/aromatic N) is 5. The molecule has 0 saturated heterocycles. The molecule has 4 aromatic heterocycles. The Kier molecular flexibility index (Phi) is 1.65. The molecule has 4 aromatic rings. The number of rotatable bonds is 0. The monoisotopic (exact) mass is 262 g/mol. The highest BCUT2D eigenvalue weighted by Crippen LogP contribution is 2.30. The minimum Gasteiger partial charge on any atom is -0.313 e. The summed E-state index contributed by atoms with van der Waals surface area (Å²) in [6.07, 6.45) is 9.74. The molecule has 0 aliphatic carbocycles. The number of aromatic nitrogens is 5. The Morgan fingerprint density at radius 2 is 2.20 bits per heavy atom. The van der Waals surface area contributed by atoms with Gasteiger partial charge >= 0.3 is 5.82 Å². The molecule has 20 heavy (non-hydrogen) atoms. The van der Waals surface area contributed by atoms with Crippen LogP contribution in [0.2, 0.25) is 0 Å². The first-order valence-electron chi connectivity index (χ1n) is 6.62. The van der Waals surface area contributed by atoms with E-state index in [4.69, 9.17) is 0 Å². The molecule has 5 nitrogen and oxygen atoms in total. The fraction of sp³-hybridized carbons (Fsp3) is 0.133. The van der Waals surface area contributed by atoms with Gasteiger partial charge in [0.05, 0.1) is 19.4 Å². The first kappa shape index (κ1) is 10.1. The van der Waals surface area contributed by atoms with Gasteiger partial charge in [-0.1, -0.05) is 6.07 Å². The molecule has 0 bridgehead atoms. The van der Waals surface area contributed by atoms with Crippen LogP contribution in [0.25, 0.3) is 28.1 Å². The van der Waals surface area contributed by atoms with E-state index in [1.807, 2.05) is 30.9 Å². The molecule has 96 valence electrons. The average molecular weight is 262 g/mol. The summed E-state index contributed by atoms with van der Waals surface area (Å²) in [6.45, 7) is 0.879. The quantitative estimate of drug-likeness (QED) is 0.397. The van der Waals surface area contributed by atoms with E-state index >= 15 is 0 Å². The molecule has 0 aromatic carbocycles. The molecular formula is C15H12N5+. The molecule has 0 radical (unpaired) electrons. The second-order valence-corrected chi connectivity index (χ2v) is 5.21. The Hall–Kier alpha value is -2.69. The predicted molar refractivity (Wildman–Crippen MR) is 74.2 cm³/mol. The van der Waals surface area contributed by atoms with Crippen molar-refractivity contribution in [2.24, 2.45) is 7.05 Å². The van der Waals surface area contributed by atoms with Crippen LogP contribution in [0.5, 0.6) is 0 Å². The van der Waals surface area contributed by atoms with Gasteiger partial charge in [-0.25, -0.2) is 14.1 Å². The standard InChI is InChI=1S/C15H12N5/c1-18-12-9-19-6-5-16-7-11(19)14(12)20-8-10-3-2-4-17-13(10)15(18)20/h2-7,9H,8H2,1H3/q+1. The van der Waals surface area contributed by atoms with Gasteiger partial charge in [0, 0.05) is 24.2 Å². The van der Waals surface area contributed by atoms with E-state index in [2.05, 4.69) is 42.8 Å². The van der Waals surface area contributed by atoms with Crippen LogP contribution < -0.4 is 4.57 Å². The highest BCUT2D eigenvalue weighted by Gasteiger charge is 2.35. The lowest BCUT2D eigenvalue weighted by Crippen LogP contribution is -2.31. The largest absolute Gasteiger partial charge is 0.313 e. The summed E-state index contributed by atoms with van der Waals surface area (Å²) in [4.78, 5) is 8.81. The van der Waals surface area contributed by atoms with Crippen molar-refractivity contribution in [3.05, 3.63) is 48.7 Å². The predicted octanol–water partition coefficient (Wildman–Crippen LogP) is 1.54. The summed E-state index contributed by atoms with van der Waals surface area (Å²) < 4.78 is 6.69. The summed E-state index contributed by atoms with van der Waals surface area (Å²) >= 11 is 0. The van der Waals surface area contributed by atoms with Gasteiger partial charge in [0.2, 0.25) is 5.52 Å². The Morgan fingerprint density at radius 1 is 1.25 bits per heavy atom. The Balaban J connectivity index is 1.99. The second-order valence-electron chi connectivity index (χ2n) is 5.21. The van der Waals surface area contributed by atoms with Crippen LogP contribution in [0.1, 0.15) is 5.56 Å². The van der Waals surface area contributed by atoms with E-state index in [1.165, 1.54) is 22.4 Å². The van der Waals surface area contributed by atoms with Crippen molar-refractivity contribution in [1.29, 1.82) is 0 Å². The van der Waals surface area contributed by atoms with Crippen molar-refractivity contribution in [3.8, 4) is 11.5 Å². The van der Waals surface area contributed by atoms with Crippen LogP contribution in [0.4, 0.5) is 0 Å². The van der Waals surface area contributed by atoms with Gasteiger partial charge in [-0.2, -0.15) is 0 Å². The van der Waals surface area contributed by atoms with E-state index in [1.54, 1.807) is 0 Å². The molecule has 0 N–H and O–H groups in total. The van der Waals surface area contributed by atoms with E-state index in [0.717, 1.165) is 17.8 Å². The van der Waals surface area contributed by atoms with Gasteiger partial charge in [-0.05, 0) is 6.07 Å². The molecule has 0 saturated carbocycles. The van der Waals surface area contributed by atoms with Gasteiger partial charge in [0.1, 0.15) is 12.1 Å². The Bertz CT molecular complexity index is 992. The van der Waals surface area contributed by atoms with Crippen LogP contribution in [0.3, 0.4) is 0 Å². The van der Waals surface area contributed by atoms with Crippen molar-refractivity contribution in [2.45, 2.75) is 6.54 Å². The zero-order valence-corrected chi connectivity index (χ0v) is 11.0. The van der Waals surface area contributed by atoms with Crippen molar-refractivity contribution in [1.82, 2.24) is 18.9 Å². The zero-order valence-electron chi connectivity index (χ0n) is 11.0. The zero-order chi connectivity index (χ0) is 13.3. The van der Waals surface area contributed by atoms with Crippen molar-refractivity contribution in [3.63, 3.8) is 0 Å². The number of pyridine rings is 1. The Morgan fingerprint density at radius 3 is 3.15 bits per heavy atom. The van der Waals surface area contributed by atoms with Gasteiger partial charge < -0.3 is 4.40 Å². The van der Waals surface area contributed by atoms with Crippen LogP contribution in [0.15, 0.2) is 43.1 Å². The first-order valence-corrected chi connectivity index (χ1v) is 6.62. The van der Waals surface area contributed by atoms with Gasteiger partial charge in [-0.3, -0.25) is 4.98 Å². The summed E-state index contributed by atoms with van der Waals surface area (Å²) in [7, 11) is 2.10. The first-order chi connectivity index (χ1) is 9.84. The molecule has 0 fully saturated rings. The van der Waals surface area contributed by atoms with Crippen LogP contribution in [-0.4, -0.2) is 18.9 Å². The highest BCUT2D eigenvalue weighted by molar-refractivity contribution is 5.91. The minimum atomic E-state index is 0.879. The third-order valence-electron chi connectivity index (χ3n) is 4.17. The van der Waals surface area contributed by atoms with E-state index in [9.17, 15) is 0 Å². The third kappa shape index (κ3) is 1.02. The number of hydrogen-bond donors (Lipinski definition) is 0. The number of fused-ring (bicyclic) bond motifs is 7. The molecule has 0 atom stereocenters. The molecule has 0 amide bonds. The van der Waals surface area contributed by atoms with Crippen molar-refractivity contribution >= 4 is 16.6 Å². The van der Waals surface area contributed by atoms with E-state index < -0.39 is 0 Å². The van der Waals surface area contributed by atoms with Gasteiger partial charge in [0.15, 0.2) is 11.2 Å². The maximum atomic E-state index is 4.55. The normalized spacial score (nSPS) is 13.1. The molecule has 5 rings (SSSR count). The van der Waals surface area contributed by atoms with Gasteiger partial charge in [0.25, 0.3) is 0 Å². The lowest BCUT2D eigenvalue weighted by atomic mass is 10.2. The van der Waals surface area contributed by atoms with Crippen molar-refractivity contribution < 1.29 is 4.57 Å². The van der Waals surface area contributed by atoms with Crippen LogP contribution in [-0.2, 0) is 13.6 Å². The lowest BCUT2D eigenvalue weighted by Gasteiger charge is -1.94. The molecular weight excluding hydrogens is 250 g/mol. The fourth-order valence-electron chi connectivity index (χ4n) is 3.29.